The van der Waals surface area contributed by atoms with E-state index in [2.05, 4.69) is 19.2 Å². The Kier molecular flexibility index (Phi) is 52.3. The van der Waals surface area contributed by atoms with Gasteiger partial charge in [-0.25, -0.2) is 0 Å². The number of allylic oxidation sites excluding steroid dienone is 1. The van der Waals surface area contributed by atoms with E-state index in [0.29, 0.717) is 6.42 Å². The number of aliphatic hydroxyl groups excluding tert-OH is 8. The van der Waals surface area contributed by atoms with Gasteiger partial charge in [-0.05, 0) is 19.3 Å². The molecule has 2 aliphatic heterocycles. The second kappa shape index (κ2) is 55.8. The van der Waals surface area contributed by atoms with Crippen molar-refractivity contribution in [1.82, 2.24) is 5.32 Å². The lowest BCUT2D eigenvalue weighted by Gasteiger charge is -2.46. The van der Waals surface area contributed by atoms with Gasteiger partial charge < -0.3 is 65.1 Å². The minimum Gasteiger partial charge on any atom is -0.394 e. The normalized spacial score (nSPS) is 23.6. The van der Waals surface area contributed by atoms with E-state index in [9.17, 15) is 45.6 Å². The van der Waals surface area contributed by atoms with Gasteiger partial charge in [-0.1, -0.05) is 321 Å². The summed E-state index contributed by atoms with van der Waals surface area (Å²) in [5.41, 5.74) is 0. The molecule has 1 amide bonds. The van der Waals surface area contributed by atoms with Crippen LogP contribution in [0.1, 0.15) is 335 Å². The standard InChI is InChI=1S/C70H135NO13/c1-3-5-7-9-11-13-15-17-18-19-20-21-22-23-24-25-26-27-28-29-30-31-32-33-34-35-36-37-38-39-40-42-44-46-48-50-52-54-62(75)71-58(59(74)53-51-49-47-45-43-41-16-14-12-10-8-6-4-2)57-81-69-67(80)65(78)68(61(56-73)83-69)84-70-66(79)64(77)63(76)60(55-72)82-70/h51,53,58-61,63-70,72-74,76-80H,3-50,52,54-57H2,1-2H3,(H,71,75)/b53-51+. The van der Waals surface area contributed by atoms with Crippen LogP contribution in [0, 0.1) is 0 Å². The van der Waals surface area contributed by atoms with E-state index in [1.165, 1.54) is 270 Å². The van der Waals surface area contributed by atoms with Crippen molar-refractivity contribution in [3.63, 3.8) is 0 Å². The monoisotopic (exact) mass is 1200 g/mol. The quantitative estimate of drug-likeness (QED) is 0.0204. The number of amides is 1. The third kappa shape index (κ3) is 39.7. The highest BCUT2D eigenvalue weighted by Gasteiger charge is 2.51. The molecule has 498 valence electrons. The van der Waals surface area contributed by atoms with E-state index in [4.69, 9.17) is 18.9 Å². The molecule has 0 saturated carbocycles. The average molecular weight is 1200 g/mol. The molecule has 12 unspecified atom stereocenters. The molecule has 0 aromatic rings. The molecule has 14 nitrogen and oxygen atoms in total. The molecule has 2 heterocycles. The summed E-state index contributed by atoms with van der Waals surface area (Å²) in [6.45, 7) is 2.83. The molecule has 0 aromatic heterocycles. The number of unbranched alkanes of at least 4 members (excludes halogenated alkanes) is 47. The number of hydrogen-bond acceptors (Lipinski definition) is 13. The lowest BCUT2D eigenvalue weighted by Crippen LogP contribution is -2.65. The van der Waals surface area contributed by atoms with E-state index in [1.54, 1.807) is 6.08 Å². The van der Waals surface area contributed by atoms with Crippen LogP contribution in [-0.4, -0.2) is 140 Å². The number of carbonyl (C=O) groups excluding carboxylic acids is 1. The van der Waals surface area contributed by atoms with Gasteiger partial charge in [0.1, 0.15) is 48.8 Å². The summed E-state index contributed by atoms with van der Waals surface area (Å²) >= 11 is 0. The Morgan fingerprint density at radius 2 is 0.738 bits per heavy atom. The summed E-state index contributed by atoms with van der Waals surface area (Å²) in [6.07, 6.45) is 51.7. The molecular weight excluding hydrogens is 1060 g/mol. The number of hydrogen-bond donors (Lipinski definition) is 9. The van der Waals surface area contributed by atoms with E-state index in [0.717, 1.165) is 38.5 Å². The molecule has 84 heavy (non-hydrogen) atoms. The summed E-state index contributed by atoms with van der Waals surface area (Å²) < 4.78 is 22.8. The molecule has 2 rings (SSSR count). The van der Waals surface area contributed by atoms with Crippen LogP contribution in [-0.2, 0) is 23.7 Å². The van der Waals surface area contributed by atoms with Crippen LogP contribution in [0.15, 0.2) is 12.2 Å². The first kappa shape index (κ1) is 78.8. The Balaban J connectivity index is 1.55. The van der Waals surface area contributed by atoms with E-state index < -0.39 is 86.8 Å². The Hall–Kier alpha value is -1.27. The zero-order valence-electron chi connectivity index (χ0n) is 54.2. The molecule has 2 fully saturated rings. The Morgan fingerprint density at radius 3 is 1.10 bits per heavy atom. The number of carbonyl (C=O) groups is 1. The second-order valence-corrected chi connectivity index (χ2v) is 25.7. The van der Waals surface area contributed by atoms with Crippen molar-refractivity contribution < 1.29 is 64.6 Å². The van der Waals surface area contributed by atoms with Crippen LogP contribution in [0.2, 0.25) is 0 Å². The fourth-order valence-electron chi connectivity index (χ4n) is 12.2. The number of aliphatic hydroxyl groups is 8. The zero-order chi connectivity index (χ0) is 60.9. The van der Waals surface area contributed by atoms with Gasteiger partial charge in [0.25, 0.3) is 0 Å². The molecule has 0 radical (unpaired) electrons. The minimum absolute atomic E-state index is 0.232. The largest absolute Gasteiger partial charge is 0.394 e. The van der Waals surface area contributed by atoms with E-state index >= 15 is 0 Å². The molecular formula is C70H135NO13. The smallest absolute Gasteiger partial charge is 0.220 e. The first-order valence-corrected chi connectivity index (χ1v) is 35.9. The van der Waals surface area contributed by atoms with Crippen LogP contribution < -0.4 is 5.32 Å². The highest BCUT2D eigenvalue weighted by atomic mass is 16.7. The van der Waals surface area contributed by atoms with Crippen LogP contribution >= 0.6 is 0 Å². The predicted molar refractivity (Wildman–Crippen MR) is 342 cm³/mol. The fourth-order valence-corrected chi connectivity index (χ4v) is 12.2. The number of nitrogens with one attached hydrogen (secondary N) is 1. The Labute approximate surface area is 514 Å². The number of rotatable bonds is 60. The van der Waals surface area contributed by atoms with Gasteiger partial charge in [0.15, 0.2) is 12.6 Å². The lowest BCUT2D eigenvalue weighted by molar-refractivity contribution is -0.359. The molecule has 14 heteroatoms. The third-order valence-electron chi connectivity index (χ3n) is 18.0. The maximum atomic E-state index is 13.3. The van der Waals surface area contributed by atoms with Crippen LogP contribution in [0.3, 0.4) is 0 Å². The lowest BCUT2D eigenvalue weighted by atomic mass is 9.97. The van der Waals surface area contributed by atoms with Crippen molar-refractivity contribution in [1.29, 1.82) is 0 Å². The van der Waals surface area contributed by atoms with Gasteiger partial charge in [0.05, 0.1) is 32.0 Å². The van der Waals surface area contributed by atoms with Crippen molar-refractivity contribution in [3.05, 3.63) is 12.2 Å². The molecule has 0 aromatic carbocycles. The molecule has 2 saturated heterocycles. The summed E-state index contributed by atoms with van der Waals surface area (Å²) in [5, 5.41) is 87.2. The molecule has 9 N–H and O–H groups in total. The molecule has 2 aliphatic rings. The third-order valence-corrected chi connectivity index (χ3v) is 18.0. The van der Waals surface area contributed by atoms with Crippen molar-refractivity contribution in [2.24, 2.45) is 0 Å². The summed E-state index contributed by atoms with van der Waals surface area (Å²) in [4.78, 5) is 13.3. The fraction of sp³-hybridized carbons (Fsp3) is 0.957. The number of ether oxygens (including phenoxy) is 4. The maximum Gasteiger partial charge on any atom is 0.220 e. The molecule has 0 spiro atoms. The van der Waals surface area contributed by atoms with Crippen molar-refractivity contribution in [3.8, 4) is 0 Å². The summed E-state index contributed by atoms with van der Waals surface area (Å²) in [6, 6.07) is -0.910. The van der Waals surface area contributed by atoms with Crippen LogP contribution in [0.5, 0.6) is 0 Å². The topological polar surface area (TPSA) is 228 Å². The molecule has 0 bridgehead atoms. The summed E-state index contributed by atoms with van der Waals surface area (Å²) in [5.74, 6) is -0.232. The van der Waals surface area contributed by atoms with Gasteiger partial charge >= 0.3 is 0 Å². The minimum atomic E-state index is -1.79. The van der Waals surface area contributed by atoms with Gasteiger partial charge in [-0.3, -0.25) is 4.79 Å². The Bertz CT molecular complexity index is 1460. The first-order chi connectivity index (χ1) is 41.1. The Morgan fingerprint density at radius 1 is 0.417 bits per heavy atom. The van der Waals surface area contributed by atoms with Crippen molar-refractivity contribution in [2.45, 2.75) is 408 Å². The van der Waals surface area contributed by atoms with Gasteiger partial charge in [0.2, 0.25) is 5.91 Å². The van der Waals surface area contributed by atoms with Gasteiger partial charge in [-0.15, -0.1) is 0 Å². The van der Waals surface area contributed by atoms with E-state index in [1.807, 2.05) is 6.08 Å². The highest BCUT2D eigenvalue weighted by molar-refractivity contribution is 5.76. The first-order valence-electron chi connectivity index (χ1n) is 35.9. The molecule has 12 atom stereocenters. The summed E-state index contributed by atoms with van der Waals surface area (Å²) in [7, 11) is 0. The average Bonchev–Trinajstić information content (AvgIpc) is 3.52. The van der Waals surface area contributed by atoms with Crippen LogP contribution in [0.4, 0.5) is 0 Å². The second-order valence-electron chi connectivity index (χ2n) is 25.7. The van der Waals surface area contributed by atoms with Crippen LogP contribution in [0.25, 0.3) is 0 Å². The SMILES string of the molecule is CCCCCCCCCCCCC/C=C/C(O)C(COC1OC(CO)C(OC2OC(CO)C(O)C(O)C2O)C(O)C1O)NC(=O)CCCCCCCCCCCCCCCCCCCCCCCCCCCCCCCCCCCCCCC. The van der Waals surface area contributed by atoms with Crippen molar-refractivity contribution in [2.75, 3.05) is 19.8 Å². The molecule has 0 aliphatic carbocycles. The maximum absolute atomic E-state index is 13.3. The highest BCUT2D eigenvalue weighted by Crippen LogP contribution is 2.30. The van der Waals surface area contributed by atoms with Gasteiger partial charge in [-0.2, -0.15) is 0 Å². The van der Waals surface area contributed by atoms with E-state index in [-0.39, 0.29) is 18.9 Å². The van der Waals surface area contributed by atoms with Gasteiger partial charge in [0, 0.05) is 6.42 Å². The predicted octanol–water partition coefficient (Wildman–Crippen LogP) is 14.6. The van der Waals surface area contributed by atoms with Crippen molar-refractivity contribution >= 4 is 5.91 Å². The zero-order valence-corrected chi connectivity index (χ0v) is 54.2.